The second kappa shape index (κ2) is 6.11. The van der Waals surface area contributed by atoms with E-state index < -0.39 is 5.97 Å². The molecule has 0 aromatic carbocycles. The van der Waals surface area contributed by atoms with Gasteiger partial charge in [-0.05, 0) is 43.7 Å². The first kappa shape index (κ1) is 14.6. The van der Waals surface area contributed by atoms with E-state index in [2.05, 4.69) is 11.9 Å². The smallest absolute Gasteiger partial charge is 0.354 e. The van der Waals surface area contributed by atoms with E-state index in [4.69, 9.17) is 10.8 Å². The number of carbonyl (C=O) groups is 1. The maximum absolute atomic E-state index is 11.0. The number of pyridine rings is 1. The summed E-state index contributed by atoms with van der Waals surface area (Å²) in [4.78, 5) is 17.3. The molecule has 0 saturated heterocycles. The molecule has 0 aliphatic heterocycles. The first-order valence-electron chi connectivity index (χ1n) is 7.25. The van der Waals surface area contributed by atoms with E-state index in [1.165, 1.54) is 25.3 Å². The number of hydrogen-bond acceptors (Lipinski definition) is 4. The van der Waals surface area contributed by atoms with Crippen molar-refractivity contribution in [2.45, 2.75) is 45.1 Å². The van der Waals surface area contributed by atoms with Gasteiger partial charge in [0.05, 0.1) is 5.69 Å². The number of rotatable bonds is 4. The maximum atomic E-state index is 11.0. The summed E-state index contributed by atoms with van der Waals surface area (Å²) in [6, 6.07) is 3.47. The minimum absolute atomic E-state index is 0.0447. The molecule has 0 radical (unpaired) electrons. The van der Waals surface area contributed by atoms with E-state index in [1.54, 1.807) is 6.07 Å². The second-order valence-electron chi connectivity index (χ2n) is 5.61. The SMILES string of the molecule is CCC1CCC(N(C)c2nc(C(=O)O)ccc2N)CC1. The quantitative estimate of drug-likeness (QED) is 0.884. The van der Waals surface area contributed by atoms with Gasteiger partial charge in [-0.15, -0.1) is 0 Å². The third kappa shape index (κ3) is 3.03. The van der Waals surface area contributed by atoms with Gasteiger partial charge >= 0.3 is 5.97 Å². The van der Waals surface area contributed by atoms with Gasteiger partial charge in [0.2, 0.25) is 0 Å². The van der Waals surface area contributed by atoms with Gasteiger partial charge in [-0.25, -0.2) is 9.78 Å². The molecule has 20 heavy (non-hydrogen) atoms. The lowest BCUT2D eigenvalue weighted by molar-refractivity contribution is 0.0690. The number of nitrogens with zero attached hydrogens (tertiary/aromatic N) is 2. The molecule has 0 unspecified atom stereocenters. The molecule has 5 heteroatoms. The number of nitrogens with two attached hydrogens (primary N) is 1. The van der Waals surface area contributed by atoms with Gasteiger partial charge in [0.1, 0.15) is 0 Å². The highest BCUT2D eigenvalue weighted by Gasteiger charge is 2.25. The van der Waals surface area contributed by atoms with Crippen molar-refractivity contribution in [3.8, 4) is 0 Å². The van der Waals surface area contributed by atoms with E-state index in [0.717, 1.165) is 18.8 Å². The van der Waals surface area contributed by atoms with Crippen molar-refractivity contribution >= 4 is 17.5 Å². The molecule has 1 fully saturated rings. The largest absolute Gasteiger partial charge is 0.477 e. The summed E-state index contributed by atoms with van der Waals surface area (Å²) in [5.74, 6) is 0.398. The second-order valence-corrected chi connectivity index (χ2v) is 5.61. The van der Waals surface area contributed by atoms with E-state index >= 15 is 0 Å². The number of carboxylic acids is 1. The van der Waals surface area contributed by atoms with E-state index in [0.29, 0.717) is 17.5 Å². The molecule has 1 aromatic heterocycles. The van der Waals surface area contributed by atoms with Gasteiger partial charge in [0.25, 0.3) is 0 Å². The summed E-state index contributed by atoms with van der Waals surface area (Å²) in [6.45, 7) is 2.24. The van der Waals surface area contributed by atoms with Crippen LogP contribution < -0.4 is 10.6 Å². The molecule has 0 spiro atoms. The summed E-state index contributed by atoms with van der Waals surface area (Å²) in [6.07, 6.45) is 5.93. The molecule has 1 aromatic rings. The molecular weight excluding hydrogens is 254 g/mol. The molecule has 1 saturated carbocycles. The van der Waals surface area contributed by atoms with Gasteiger partial charge in [0.15, 0.2) is 11.5 Å². The van der Waals surface area contributed by atoms with Gasteiger partial charge in [-0.3, -0.25) is 0 Å². The van der Waals surface area contributed by atoms with E-state index in [-0.39, 0.29) is 5.69 Å². The number of carboxylic acid groups (broad SMARTS) is 1. The van der Waals surface area contributed by atoms with Crippen LogP contribution >= 0.6 is 0 Å². The molecule has 0 amide bonds. The molecule has 110 valence electrons. The van der Waals surface area contributed by atoms with Crippen LogP contribution in [0.1, 0.15) is 49.5 Å². The Labute approximate surface area is 119 Å². The Kier molecular flexibility index (Phi) is 4.47. The van der Waals surface area contributed by atoms with Crippen molar-refractivity contribution in [2.75, 3.05) is 17.7 Å². The Hall–Kier alpha value is -1.78. The maximum Gasteiger partial charge on any atom is 0.354 e. The molecule has 0 atom stereocenters. The molecule has 1 heterocycles. The lowest BCUT2D eigenvalue weighted by Gasteiger charge is -2.35. The lowest BCUT2D eigenvalue weighted by atomic mass is 9.84. The van der Waals surface area contributed by atoms with Crippen LogP contribution in [0.25, 0.3) is 0 Å². The predicted molar refractivity (Wildman–Crippen MR) is 80.0 cm³/mol. The Morgan fingerprint density at radius 1 is 1.40 bits per heavy atom. The summed E-state index contributed by atoms with van der Waals surface area (Å²) < 4.78 is 0. The highest BCUT2D eigenvalue weighted by molar-refractivity contribution is 5.87. The fraction of sp³-hybridized carbons (Fsp3) is 0.600. The first-order chi connectivity index (χ1) is 9.52. The Morgan fingerprint density at radius 3 is 2.60 bits per heavy atom. The van der Waals surface area contributed by atoms with Crippen molar-refractivity contribution in [1.29, 1.82) is 0 Å². The van der Waals surface area contributed by atoms with Gasteiger partial charge in [-0.2, -0.15) is 0 Å². The number of hydrogen-bond donors (Lipinski definition) is 2. The van der Waals surface area contributed by atoms with Crippen molar-refractivity contribution in [2.24, 2.45) is 5.92 Å². The zero-order valence-electron chi connectivity index (χ0n) is 12.2. The number of anilines is 2. The predicted octanol–water partition coefficient (Wildman–Crippen LogP) is 2.77. The standard InChI is InChI=1S/C15H23N3O2/c1-3-10-4-6-11(7-5-10)18(2)14-12(16)8-9-13(17-14)15(19)20/h8-11H,3-7,16H2,1-2H3,(H,19,20). The van der Waals surface area contributed by atoms with Crippen LogP contribution in [0.15, 0.2) is 12.1 Å². The van der Waals surface area contributed by atoms with E-state index in [1.807, 2.05) is 11.9 Å². The van der Waals surface area contributed by atoms with Crippen LogP contribution in [-0.2, 0) is 0 Å². The fourth-order valence-corrected chi connectivity index (χ4v) is 2.97. The summed E-state index contributed by atoms with van der Waals surface area (Å²) in [5.41, 5.74) is 6.54. The minimum atomic E-state index is -1.02. The Balaban J connectivity index is 2.14. The van der Waals surface area contributed by atoms with Crippen molar-refractivity contribution < 1.29 is 9.90 Å². The van der Waals surface area contributed by atoms with Crippen LogP contribution in [-0.4, -0.2) is 29.1 Å². The molecule has 1 aliphatic rings. The lowest BCUT2D eigenvalue weighted by Crippen LogP contribution is -2.36. The van der Waals surface area contributed by atoms with Crippen LogP contribution in [0.4, 0.5) is 11.5 Å². The third-order valence-electron chi connectivity index (χ3n) is 4.40. The van der Waals surface area contributed by atoms with Crippen LogP contribution in [0, 0.1) is 5.92 Å². The molecule has 0 bridgehead atoms. The molecular formula is C15H23N3O2. The van der Waals surface area contributed by atoms with Crippen LogP contribution in [0.5, 0.6) is 0 Å². The number of aromatic nitrogens is 1. The average molecular weight is 277 g/mol. The van der Waals surface area contributed by atoms with Crippen LogP contribution in [0.3, 0.4) is 0 Å². The van der Waals surface area contributed by atoms with Gasteiger partial charge in [-0.1, -0.05) is 13.3 Å². The average Bonchev–Trinajstić information content (AvgIpc) is 2.47. The minimum Gasteiger partial charge on any atom is -0.477 e. The molecule has 2 rings (SSSR count). The molecule has 3 N–H and O–H groups in total. The fourth-order valence-electron chi connectivity index (χ4n) is 2.97. The summed E-state index contributed by atoms with van der Waals surface area (Å²) in [5, 5.41) is 9.04. The zero-order chi connectivity index (χ0) is 14.7. The third-order valence-corrected chi connectivity index (χ3v) is 4.40. The normalized spacial score (nSPS) is 22.5. The zero-order valence-corrected chi connectivity index (χ0v) is 12.2. The van der Waals surface area contributed by atoms with Crippen molar-refractivity contribution in [3.05, 3.63) is 17.8 Å². The highest BCUT2D eigenvalue weighted by atomic mass is 16.4. The monoisotopic (exact) mass is 277 g/mol. The van der Waals surface area contributed by atoms with Gasteiger partial charge in [0, 0.05) is 13.1 Å². The van der Waals surface area contributed by atoms with Gasteiger partial charge < -0.3 is 15.7 Å². The first-order valence-corrected chi connectivity index (χ1v) is 7.25. The number of aromatic carboxylic acids is 1. The van der Waals surface area contributed by atoms with E-state index in [9.17, 15) is 4.79 Å². The molecule has 1 aliphatic carbocycles. The van der Waals surface area contributed by atoms with Crippen molar-refractivity contribution in [1.82, 2.24) is 4.98 Å². The summed E-state index contributed by atoms with van der Waals surface area (Å²) >= 11 is 0. The topological polar surface area (TPSA) is 79.5 Å². The molecule has 5 nitrogen and oxygen atoms in total. The number of nitrogen functional groups attached to an aromatic ring is 1. The van der Waals surface area contributed by atoms with Crippen molar-refractivity contribution in [3.63, 3.8) is 0 Å². The summed E-state index contributed by atoms with van der Waals surface area (Å²) in [7, 11) is 1.96. The van der Waals surface area contributed by atoms with Crippen LogP contribution in [0.2, 0.25) is 0 Å². The highest BCUT2D eigenvalue weighted by Crippen LogP contribution is 2.32. The Bertz CT molecular complexity index is 482. The Morgan fingerprint density at radius 2 is 2.05 bits per heavy atom.